The molecule has 4 nitrogen and oxygen atoms in total. The van der Waals surface area contributed by atoms with Crippen LogP contribution in [-0.4, -0.2) is 39.8 Å². The van der Waals surface area contributed by atoms with Gasteiger partial charge in [-0.3, -0.25) is 0 Å². The molecule has 0 radical (unpaired) electrons. The highest BCUT2D eigenvalue weighted by Crippen LogP contribution is 2.33. The maximum absolute atomic E-state index is 5.41. The summed E-state index contributed by atoms with van der Waals surface area (Å²) in [5.74, 6) is 1.46. The number of methoxy groups -OCH3 is 2. The van der Waals surface area contributed by atoms with Gasteiger partial charge in [0.25, 0.3) is 0 Å². The molecule has 0 saturated carbocycles. The highest BCUT2D eigenvalue weighted by atomic mass is 79.9. The Morgan fingerprint density at radius 2 is 1.67 bits per heavy atom. The molecule has 0 fully saturated rings. The molecule has 0 amide bonds. The number of nitrogens with one attached hydrogen (secondary N) is 1. The van der Waals surface area contributed by atoms with E-state index < -0.39 is 0 Å². The second-order valence-electron chi connectivity index (χ2n) is 5.91. The zero-order chi connectivity index (χ0) is 17.5. The Morgan fingerprint density at radius 1 is 1.04 bits per heavy atom. The van der Waals surface area contributed by atoms with Gasteiger partial charge in [-0.1, -0.05) is 46.3 Å². The first-order chi connectivity index (χ1) is 11.5. The summed E-state index contributed by atoms with van der Waals surface area (Å²) in [5, 5.41) is 3.65. The van der Waals surface area contributed by atoms with E-state index in [0.717, 1.165) is 34.6 Å². The molecule has 0 aliphatic carbocycles. The van der Waals surface area contributed by atoms with Gasteiger partial charge in [0.05, 0.1) is 14.2 Å². The van der Waals surface area contributed by atoms with Crippen LogP contribution in [0.3, 0.4) is 0 Å². The van der Waals surface area contributed by atoms with Crippen LogP contribution >= 0.6 is 15.9 Å². The van der Waals surface area contributed by atoms with E-state index >= 15 is 0 Å². The molecule has 0 saturated heterocycles. The van der Waals surface area contributed by atoms with Gasteiger partial charge in [-0.2, -0.15) is 0 Å². The molecular formula is C19H25BrN2O2. The minimum absolute atomic E-state index is 0.251. The molecule has 1 N–H and O–H groups in total. The third-order valence-corrected chi connectivity index (χ3v) is 4.58. The van der Waals surface area contributed by atoms with E-state index in [1.54, 1.807) is 14.2 Å². The molecule has 2 aromatic rings. The molecular weight excluding hydrogens is 368 g/mol. The maximum atomic E-state index is 5.41. The number of rotatable bonds is 8. The summed E-state index contributed by atoms with van der Waals surface area (Å²) in [7, 11) is 7.47. The number of halogens is 1. The van der Waals surface area contributed by atoms with Gasteiger partial charge < -0.3 is 19.7 Å². The summed E-state index contributed by atoms with van der Waals surface area (Å²) < 4.78 is 11.7. The fourth-order valence-corrected chi connectivity index (χ4v) is 3.07. The maximum Gasteiger partial charge on any atom is 0.161 e. The van der Waals surface area contributed by atoms with Gasteiger partial charge in [0, 0.05) is 23.6 Å². The van der Waals surface area contributed by atoms with Crippen LogP contribution in [0.2, 0.25) is 0 Å². The molecule has 0 aliphatic heterocycles. The lowest BCUT2D eigenvalue weighted by atomic mass is 10.1. The molecule has 1 unspecified atom stereocenters. The monoisotopic (exact) mass is 392 g/mol. The second-order valence-corrected chi connectivity index (χ2v) is 6.76. The minimum atomic E-state index is 0.251. The van der Waals surface area contributed by atoms with E-state index in [-0.39, 0.29) is 6.04 Å². The van der Waals surface area contributed by atoms with Crippen molar-refractivity contribution in [3.05, 3.63) is 58.1 Å². The molecule has 0 spiro atoms. The van der Waals surface area contributed by atoms with Crippen molar-refractivity contribution in [1.82, 2.24) is 10.2 Å². The molecule has 2 aromatic carbocycles. The first-order valence-electron chi connectivity index (χ1n) is 7.88. The average molecular weight is 393 g/mol. The fourth-order valence-electron chi connectivity index (χ4n) is 2.60. The molecule has 5 heteroatoms. The van der Waals surface area contributed by atoms with Crippen molar-refractivity contribution in [2.75, 3.05) is 34.9 Å². The van der Waals surface area contributed by atoms with Crippen molar-refractivity contribution in [2.45, 2.75) is 12.6 Å². The Bertz CT molecular complexity index is 647. The van der Waals surface area contributed by atoms with Crippen LogP contribution in [0.5, 0.6) is 11.5 Å². The summed E-state index contributed by atoms with van der Waals surface area (Å²) in [6.45, 7) is 1.66. The van der Waals surface area contributed by atoms with E-state index in [2.05, 4.69) is 64.5 Å². The molecule has 0 aromatic heterocycles. The van der Waals surface area contributed by atoms with Crippen LogP contribution in [0.15, 0.2) is 46.9 Å². The predicted octanol–water partition coefficient (Wildman–Crippen LogP) is 3.86. The van der Waals surface area contributed by atoms with Crippen molar-refractivity contribution in [3.8, 4) is 11.5 Å². The Hall–Kier alpha value is -1.56. The Labute approximate surface area is 152 Å². The predicted molar refractivity (Wildman–Crippen MR) is 102 cm³/mol. The van der Waals surface area contributed by atoms with Gasteiger partial charge >= 0.3 is 0 Å². The van der Waals surface area contributed by atoms with Crippen LogP contribution in [-0.2, 0) is 6.54 Å². The molecule has 0 bridgehead atoms. The summed E-state index contributed by atoms with van der Waals surface area (Å²) >= 11 is 3.62. The van der Waals surface area contributed by atoms with Crippen LogP contribution < -0.4 is 14.8 Å². The number of hydrogen-bond acceptors (Lipinski definition) is 4. The summed E-state index contributed by atoms with van der Waals surface area (Å²) in [4.78, 5) is 2.19. The molecule has 24 heavy (non-hydrogen) atoms. The number of benzene rings is 2. The number of likely N-dealkylation sites (N-methyl/N-ethyl adjacent to an activating group) is 1. The van der Waals surface area contributed by atoms with Gasteiger partial charge in [0.15, 0.2) is 11.5 Å². The highest BCUT2D eigenvalue weighted by molar-refractivity contribution is 9.10. The van der Waals surface area contributed by atoms with Crippen molar-refractivity contribution in [2.24, 2.45) is 0 Å². The van der Waals surface area contributed by atoms with Crippen molar-refractivity contribution < 1.29 is 9.47 Å². The summed E-state index contributed by atoms with van der Waals surface area (Å²) in [6.07, 6.45) is 0. The topological polar surface area (TPSA) is 33.7 Å². The largest absolute Gasteiger partial charge is 0.493 e. The normalized spacial score (nSPS) is 12.2. The highest BCUT2D eigenvalue weighted by Gasteiger charge is 2.14. The quantitative estimate of drug-likeness (QED) is 0.739. The van der Waals surface area contributed by atoms with Crippen molar-refractivity contribution in [1.29, 1.82) is 0 Å². The zero-order valence-electron chi connectivity index (χ0n) is 14.7. The smallest absolute Gasteiger partial charge is 0.161 e. The van der Waals surface area contributed by atoms with E-state index in [1.165, 1.54) is 5.56 Å². The first-order valence-corrected chi connectivity index (χ1v) is 8.68. The number of ether oxygens (including phenoxy) is 2. The van der Waals surface area contributed by atoms with Gasteiger partial charge in [-0.05, 0) is 37.4 Å². The van der Waals surface area contributed by atoms with E-state index in [0.29, 0.717) is 0 Å². The molecule has 0 heterocycles. The fraction of sp³-hybridized carbons (Fsp3) is 0.368. The summed E-state index contributed by atoms with van der Waals surface area (Å²) in [6, 6.07) is 14.7. The van der Waals surface area contributed by atoms with E-state index in [1.807, 2.05) is 18.2 Å². The average Bonchev–Trinajstić information content (AvgIpc) is 2.59. The van der Waals surface area contributed by atoms with Crippen LogP contribution in [0.25, 0.3) is 0 Å². The van der Waals surface area contributed by atoms with Gasteiger partial charge in [-0.25, -0.2) is 0 Å². The number of nitrogens with zero attached hydrogens (tertiary/aromatic N) is 1. The first kappa shape index (κ1) is 18.8. The molecule has 1 atom stereocenters. The van der Waals surface area contributed by atoms with Crippen LogP contribution in [0.4, 0.5) is 0 Å². The lowest BCUT2D eigenvalue weighted by Crippen LogP contribution is -2.31. The third-order valence-electron chi connectivity index (χ3n) is 3.84. The molecule has 130 valence electrons. The minimum Gasteiger partial charge on any atom is -0.493 e. The standard InChI is InChI=1S/C19H25BrN2O2/c1-22(2)13-17(14-8-6-5-7-9-14)21-12-15-10-18(23-3)19(24-4)11-16(15)20/h5-11,17,21H,12-13H2,1-4H3. The Kier molecular flexibility index (Phi) is 7.09. The number of hydrogen-bond donors (Lipinski definition) is 1. The lowest BCUT2D eigenvalue weighted by molar-refractivity contribution is 0.339. The summed E-state index contributed by atoms with van der Waals surface area (Å²) in [5.41, 5.74) is 2.41. The van der Waals surface area contributed by atoms with Crippen molar-refractivity contribution >= 4 is 15.9 Å². The lowest BCUT2D eigenvalue weighted by Gasteiger charge is -2.23. The SMILES string of the molecule is COc1cc(Br)c(CNC(CN(C)C)c2ccccc2)cc1OC. The van der Waals surface area contributed by atoms with Gasteiger partial charge in [-0.15, -0.1) is 0 Å². The van der Waals surface area contributed by atoms with Crippen molar-refractivity contribution in [3.63, 3.8) is 0 Å². The van der Waals surface area contributed by atoms with E-state index in [9.17, 15) is 0 Å². The molecule has 0 aliphatic rings. The Morgan fingerprint density at radius 3 is 2.25 bits per heavy atom. The zero-order valence-corrected chi connectivity index (χ0v) is 16.3. The second kappa shape index (κ2) is 9.06. The third kappa shape index (κ3) is 4.97. The van der Waals surface area contributed by atoms with E-state index in [4.69, 9.17) is 9.47 Å². The van der Waals surface area contributed by atoms with Gasteiger partial charge in [0.2, 0.25) is 0 Å². The Balaban J connectivity index is 2.17. The van der Waals surface area contributed by atoms with Crippen LogP contribution in [0.1, 0.15) is 17.2 Å². The van der Waals surface area contributed by atoms with Gasteiger partial charge in [0.1, 0.15) is 0 Å². The molecule has 2 rings (SSSR count). The van der Waals surface area contributed by atoms with Crippen LogP contribution in [0, 0.1) is 0 Å².